The number of rotatable bonds is 4. The molecule has 1 amide bonds. The lowest BCUT2D eigenvalue weighted by Crippen LogP contribution is -2.27. The quantitative estimate of drug-likeness (QED) is 0.356. The Hall–Kier alpha value is -2.24. The highest BCUT2D eigenvalue weighted by molar-refractivity contribution is 9.10. The molecule has 0 saturated carbocycles. The standard InChI is InChI=1S/C27H29BrN2OS/c1-17-10-11-18(14-22(17)28)16-29-26-24(25(31)30-20-8-6-5-7-9-20)21-13-12-19(27(2,3)4)15-23(21)32-26/h5-11,14,16,19H,12-13,15H2,1-4H3,(H,30,31)/t19-/m0/s1. The van der Waals surface area contributed by atoms with Gasteiger partial charge in [-0.05, 0) is 72.4 Å². The lowest BCUT2D eigenvalue weighted by Gasteiger charge is -2.33. The van der Waals surface area contributed by atoms with E-state index in [1.165, 1.54) is 16.0 Å². The third-order valence-electron chi connectivity index (χ3n) is 6.26. The maximum Gasteiger partial charge on any atom is 0.259 e. The molecule has 0 radical (unpaired) electrons. The Labute approximate surface area is 203 Å². The topological polar surface area (TPSA) is 41.5 Å². The molecule has 0 saturated heterocycles. The number of carbonyl (C=O) groups is 1. The van der Waals surface area contributed by atoms with Gasteiger partial charge in [-0.25, -0.2) is 4.99 Å². The lowest BCUT2D eigenvalue weighted by molar-refractivity contribution is 0.102. The number of para-hydroxylation sites is 1. The van der Waals surface area contributed by atoms with Crippen molar-refractivity contribution >= 4 is 50.1 Å². The first-order chi connectivity index (χ1) is 15.2. The van der Waals surface area contributed by atoms with E-state index in [0.717, 1.165) is 45.6 Å². The summed E-state index contributed by atoms with van der Waals surface area (Å²) in [7, 11) is 0. The Bertz CT molecular complexity index is 1160. The van der Waals surface area contributed by atoms with Gasteiger partial charge in [-0.2, -0.15) is 0 Å². The van der Waals surface area contributed by atoms with Crippen molar-refractivity contribution in [2.24, 2.45) is 16.3 Å². The Kier molecular flexibility index (Phi) is 6.68. The average molecular weight is 510 g/mol. The molecule has 1 aliphatic carbocycles. The molecule has 0 aliphatic heterocycles. The number of amides is 1. The van der Waals surface area contributed by atoms with Crippen LogP contribution >= 0.6 is 27.3 Å². The largest absolute Gasteiger partial charge is 0.322 e. The second kappa shape index (κ2) is 9.32. The molecule has 1 heterocycles. The summed E-state index contributed by atoms with van der Waals surface area (Å²) in [6, 6.07) is 15.8. The first-order valence-corrected chi connectivity index (χ1v) is 12.6. The Morgan fingerprint density at radius 2 is 1.94 bits per heavy atom. The zero-order chi connectivity index (χ0) is 22.9. The minimum absolute atomic E-state index is 0.0693. The number of hydrogen-bond donors (Lipinski definition) is 1. The number of anilines is 1. The lowest BCUT2D eigenvalue weighted by atomic mass is 9.72. The summed E-state index contributed by atoms with van der Waals surface area (Å²) in [5.41, 5.74) is 5.18. The third kappa shape index (κ3) is 5.05. The number of halogens is 1. The van der Waals surface area contributed by atoms with Crippen LogP contribution in [0.3, 0.4) is 0 Å². The number of aryl methyl sites for hydroxylation is 1. The van der Waals surface area contributed by atoms with Gasteiger partial charge in [0, 0.05) is 21.3 Å². The zero-order valence-electron chi connectivity index (χ0n) is 19.0. The highest BCUT2D eigenvalue weighted by atomic mass is 79.9. The summed E-state index contributed by atoms with van der Waals surface area (Å²) in [4.78, 5) is 19.5. The maximum atomic E-state index is 13.4. The van der Waals surface area contributed by atoms with Gasteiger partial charge < -0.3 is 5.32 Å². The average Bonchev–Trinajstić information content (AvgIpc) is 3.12. The fourth-order valence-electron chi connectivity index (χ4n) is 4.17. The normalized spacial score (nSPS) is 16.2. The fraction of sp³-hybridized carbons (Fsp3) is 0.333. The van der Waals surface area contributed by atoms with Gasteiger partial charge in [0.05, 0.1) is 5.56 Å². The Morgan fingerprint density at radius 1 is 1.19 bits per heavy atom. The van der Waals surface area contributed by atoms with Gasteiger partial charge in [-0.3, -0.25) is 4.79 Å². The number of fused-ring (bicyclic) bond motifs is 1. The molecule has 5 heteroatoms. The van der Waals surface area contributed by atoms with Crippen molar-refractivity contribution in [2.45, 2.75) is 47.0 Å². The second-order valence-corrected chi connectivity index (χ2v) is 11.5. The second-order valence-electron chi connectivity index (χ2n) is 9.58. The monoisotopic (exact) mass is 508 g/mol. The van der Waals surface area contributed by atoms with Crippen molar-refractivity contribution in [1.82, 2.24) is 0 Å². The highest BCUT2D eigenvalue weighted by Gasteiger charge is 2.33. The molecule has 0 bridgehead atoms. The predicted molar refractivity (Wildman–Crippen MR) is 140 cm³/mol. The SMILES string of the molecule is Cc1ccc(C=Nc2sc3c(c2C(=O)Nc2ccccc2)CC[C@H](C(C)(C)C)C3)cc1Br. The van der Waals surface area contributed by atoms with Crippen molar-refractivity contribution < 1.29 is 4.79 Å². The van der Waals surface area contributed by atoms with E-state index in [-0.39, 0.29) is 11.3 Å². The summed E-state index contributed by atoms with van der Waals surface area (Å²) >= 11 is 5.27. The van der Waals surface area contributed by atoms with Crippen LogP contribution in [0.5, 0.6) is 0 Å². The van der Waals surface area contributed by atoms with E-state index in [0.29, 0.717) is 5.92 Å². The Morgan fingerprint density at radius 3 is 2.62 bits per heavy atom. The van der Waals surface area contributed by atoms with E-state index in [4.69, 9.17) is 4.99 Å². The fourth-order valence-corrected chi connectivity index (χ4v) is 5.84. The molecule has 1 N–H and O–H groups in total. The van der Waals surface area contributed by atoms with E-state index in [2.05, 4.69) is 67.1 Å². The minimum atomic E-state index is -0.0693. The van der Waals surface area contributed by atoms with Crippen LogP contribution in [-0.4, -0.2) is 12.1 Å². The molecule has 1 atom stereocenters. The van der Waals surface area contributed by atoms with Crippen molar-refractivity contribution in [1.29, 1.82) is 0 Å². The number of carbonyl (C=O) groups excluding carboxylic acids is 1. The summed E-state index contributed by atoms with van der Waals surface area (Å²) in [6.07, 6.45) is 4.91. The molecular formula is C27H29BrN2OS. The van der Waals surface area contributed by atoms with Gasteiger partial charge in [0.15, 0.2) is 0 Å². The van der Waals surface area contributed by atoms with Crippen LogP contribution in [0, 0.1) is 18.3 Å². The van der Waals surface area contributed by atoms with Crippen LogP contribution in [-0.2, 0) is 12.8 Å². The van der Waals surface area contributed by atoms with Gasteiger partial charge >= 0.3 is 0 Å². The van der Waals surface area contributed by atoms with Crippen LogP contribution in [0.1, 0.15) is 59.1 Å². The smallest absolute Gasteiger partial charge is 0.259 e. The van der Waals surface area contributed by atoms with Crippen molar-refractivity contribution in [3.63, 3.8) is 0 Å². The molecule has 3 aromatic rings. The molecule has 0 fully saturated rings. The van der Waals surface area contributed by atoms with Crippen molar-refractivity contribution in [3.05, 3.63) is 80.1 Å². The van der Waals surface area contributed by atoms with Gasteiger partial charge in [0.25, 0.3) is 5.91 Å². The van der Waals surface area contributed by atoms with Crippen LogP contribution in [0.4, 0.5) is 10.7 Å². The summed E-state index contributed by atoms with van der Waals surface area (Å²) < 4.78 is 1.06. The van der Waals surface area contributed by atoms with Crippen LogP contribution in [0.25, 0.3) is 0 Å². The highest BCUT2D eigenvalue weighted by Crippen LogP contribution is 2.45. The zero-order valence-corrected chi connectivity index (χ0v) is 21.4. The van der Waals surface area contributed by atoms with E-state index < -0.39 is 0 Å². The van der Waals surface area contributed by atoms with E-state index >= 15 is 0 Å². The summed E-state index contributed by atoms with van der Waals surface area (Å²) in [6.45, 7) is 9.00. The molecule has 1 aliphatic rings. The van der Waals surface area contributed by atoms with E-state index in [1.54, 1.807) is 11.3 Å². The van der Waals surface area contributed by atoms with Gasteiger partial charge in [-0.1, -0.05) is 67.0 Å². The van der Waals surface area contributed by atoms with Crippen LogP contribution in [0.2, 0.25) is 0 Å². The summed E-state index contributed by atoms with van der Waals surface area (Å²) in [5, 5.41) is 3.88. The van der Waals surface area contributed by atoms with Gasteiger partial charge in [0.2, 0.25) is 0 Å². The molecule has 2 aromatic carbocycles. The molecule has 166 valence electrons. The number of nitrogens with one attached hydrogen (secondary N) is 1. The molecule has 3 nitrogen and oxygen atoms in total. The van der Waals surface area contributed by atoms with Gasteiger partial charge in [-0.15, -0.1) is 11.3 Å². The first-order valence-electron chi connectivity index (χ1n) is 11.0. The minimum Gasteiger partial charge on any atom is -0.322 e. The molecule has 1 aromatic heterocycles. The van der Waals surface area contributed by atoms with Gasteiger partial charge in [0.1, 0.15) is 5.00 Å². The van der Waals surface area contributed by atoms with Crippen LogP contribution < -0.4 is 5.32 Å². The predicted octanol–water partition coefficient (Wildman–Crippen LogP) is 7.97. The number of benzene rings is 2. The number of hydrogen-bond acceptors (Lipinski definition) is 3. The van der Waals surface area contributed by atoms with Crippen molar-refractivity contribution in [2.75, 3.05) is 5.32 Å². The molecular weight excluding hydrogens is 480 g/mol. The molecule has 0 spiro atoms. The first kappa shape index (κ1) is 22.9. The van der Waals surface area contributed by atoms with Crippen LogP contribution in [0.15, 0.2) is 58.0 Å². The number of thiophene rings is 1. The number of nitrogens with zero attached hydrogens (tertiary/aromatic N) is 1. The maximum absolute atomic E-state index is 13.4. The summed E-state index contributed by atoms with van der Waals surface area (Å²) in [5.74, 6) is 0.545. The molecule has 32 heavy (non-hydrogen) atoms. The van der Waals surface area contributed by atoms with Crippen molar-refractivity contribution in [3.8, 4) is 0 Å². The number of aliphatic imine (C=N–C) groups is 1. The van der Waals surface area contributed by atoms with E-state index in [9.17, 15) is 4.79 Å². The molecule has 0 unspecified atom stereocenters. The third-order valence-corrected chi connectivity index (χ3v) is 8.27. The molecule has 4 rings (SSSR count). The Balaban J connectivity index is 1.71. The van der Waals surface area contributed by atoms with E-state index in [1.807, 2.05) is 36.5 Å².